The zero-order valence-corrected chi connectivity index (χ0v) is 19.6. The maximum atomic E-state index is 13.1. The molecule has 0 atom stereocenters. The molecule has 4 rings (SSSR count). The Balaban J connectivity index is 1.80. The van der Waals surface area contributed by atoms with Crippen LogP contribution in [0.15, 0.2) is 59.8 Å². The van der Waals surface area contributed by atoms with Gasteiger partial charge >= 0.3 is 0 Å². The Kier molecular flexibility index (Phi) is 5.73. The maximum absolute atomic E-state index is 13.1. The zero-order chi connectivity index (χ0) is 22.3. The van der Waals surface area contributed by atoms with Crippen molar-refractivity contribution in [3.05, 3.63) is 87.2 Å². The second-order valence-electron chi connectivity index (χ2n) is 7.58. The van der Waals surface area contributed by atoms with E-state index < -0.39 is 10.0 Å². The average molecular weight is 474 g/mol. The number of rotatable bonds is 5. The summed E-state index contributed by atoms with van der Waals surface area (Å²) in [6, 6.07) is 14.8. The standard InChI is InChI=1S/C23H21Cl2N3O2S/c1-14-6-4-7-17(10-14)12-28-13-26-23-19(28)11-15(2)16(3)22(23)27-31(29,30)20-9-5-8-18(24)21(20)25/h4-11,13,27H,12H2,1-3H3. The van der Waals surface area contributed by atoms with Gasteiger partial charge in [0.15, 0.2) is 0 Å². The molecule has 0 saturated heterocycles. The van der Waals surface area contributed by atoms with E-state index in [0.717, 1.165) is 22.2 Å². The Labute approximate surface area is 191 Å². The van der Waals surface area contributed by atoms with Gasteiger partial charge in [0, 0.05) is 6.54 Å². The molecule has 0 aliphatic heterocycles. The molecule has 5 nitrogen and oxygen atoms in total. The number of aryl methyl sites for hydroxylation is 2. The molecule has 1 N–H and O–H groups in total. The fourth-order valence-electron chi connectivity index (χ4n) is 3.56. The summed E-state index contributed by atoms with van der Waals surface area (Å²) in [4.78, 5) is 4.46. The monoisotopic (exact) mass is 473 g/mol. The average Bonchev–Trinajstić information content (AvgIpc) is 3.09. The van der Waals surface area contributed by atoms with E-state index in [0.29, 0.717) is 17.7 Å². The molecule has 0 amide bonds. The van der Waals surface area contributed by atoms with Crippen LogP contribution in [0.2, 0.25) is 10.0 Å². The molecule has 4 aromatic rings. The predicted octanol–water partition coefficient (Wildman–Crippen LogP) is 6.12. The molecular formula is C23H21Cl2N3O2S. The van der Waals surface area contributed by atoms with Gasteiger partial charge in [-0.15, -0.1) is 0 Å². The van der Waals surface area contributed by atoms with Crippen molar-refractivity contribution in [2.24, 2.45) is 0 Å². The minimum atomic E-state index is -3.97. The second kappa shape index (κ2) is 8.19. The molecule has 0 fully saturated rings. The van der Waals surface area contributed by atoms with E-state index in [9.17, 15) is 8.42 Å². The first-order chi connectivity index (χ1) is 14.7. The molecular weight excluding hydrogens is 453 g/mol. The maximum Gasteiger partial charge on any atom is 0.263 e. The van der Waals surface area contributed by atoms with Gasteiger partial charge in [-0.1, -0.05) is 59.1 Å². The van der Waals surface area contributed by atoms with Crippen molar-refractivity contribution >= 4 is 49.9 Å². The fraction of sp³-hybridized carbons (Fsp3) is 0.174. The number of nitrogens with zero attached hydrogens (tertiary/aromatic N) is 2. The van der Waals surface area contributed by atoms with Gasteiger partial charge in [-0.25, -0.2) is 13.4 Å². The second-order valence-corrected chi connectivity index (χ2v) is 10.0. The quantitative estimate of drug-likeness (QED) is 0.379. The van der Waals surface area contributed by atoms with E-state index in [1.54, 1.807) is 18.5 Å². The van der Waals surface area contributed by atoms with Crippen molar-refractivity contribution in [3.8, 4) is 0 Å². The van der Waals surface area contributed by atoms with E-state index in [1.807, 2.05) is 30.5 Å². The van der Waals surface area contributed by atoms with Gasteiger partial charge in [-0.2, -0.15) is 0 Å². The van der Waals surface area contributed by atoms with Crippen LogP contribution in [0.5, 0.6) is 0 Å². The summed E-state index contributed by atoms with van der Waals surface area (Å²) < 4.78 is 31.0. The van der Waals surface area contributed by atoms with Crippen LogP contribution in [0.4, 0.5) is 5.69 Å². The van der Waals surface area contributed by atoms with Crippen LogP contribution in [0.25, 0.3) is 11.0 Å². The normalized spacial score (nSPS) is 11.8. The van der Waals surface area contributed by atoms with Crippen LogP contribution in [0, 0.1) is 20.8 Å². The van der Waals surface area contributed by atoms with Crippen LogP contribution in [0.1, 0.15) is 22.3 Å². The SMILES string of the molecule is Cc1cccc(Cn2cnc3c(NS(=O)(=O)c4cccc(Cl)c4Cl)c(C)c(C)cc32)c1. The number of fused-ring (bicyclic) bond motifs is 1. The van der Waals surface area contributed by atoms with E-state index >= 15 is 0 Å². The summed E-state index contributed by atoms with van der Waals surface area (Å²) in [5, 5.41) is 0.168. The summed E-state index contributed by atoms with van der Waals surface area (Å²) in [6.45, 7) is 6.50. The lowest BCUT2D eigenvalue weighted by Gasteiger charge is -2.15. The van der Waals surface area contributed by atoms with Crippen molar-refractivity contribution in [1.29, 1.82) is 0 Å². The number of hydrogen-bond acceptors (Lipinski definition) is 3. The lowest BCUT2D eigenvalue weighted by atomic mass is 10.1. The van der Waals surface area contributed by atoms with Crippen LogP contribution in [0.3, 0.4) is 0 Å². The van der Waals surface area contributed by atoms with Gasteiger partial charge in [-0.05, 0) is 55.7 Å². The Morgan fingerprint density at radius 2 is 1.77 bits per heavy atom. The van der Waals surface area contributed by atoms with E-state index in [2.05, 4.69) is 34.8 Å². The van der Waals surface area contributed by atoms with E-state index in [4.69, 9.17) is 23.2 Å². The largest absolute Gasteiger partial charge is 0.326 e. The summed E-state index contributed by atoms with van der Waals surface area (Å²) in [6.07, 6.45) is 1.73. The highest BCUT2D eigenvalue weighted by atomic mass is 35.5. The van der Waals surface area contributed by atoms with E-state index in [-0.39, 0.29) is 14.9 Å². The molecule has 0 radical (unpaired) electrons. The Hall–Kier alpha value is -2.54. The first kappa shape index (κ1) is 21.7. The Morgan fingerprint density at radius 1 is 1.03 bits per heavy atom. The summed E-state index contributed by atoms with van der Waals surface area (Å²) in [7, 11) is -3.97. The highest BCUT2D eigenvalue weighted by Crippen LogP contribution is 2.34. The van der Waals surface area contributed by atoms with Crippen LogP contribution >= 0.6 is 23.2 Å². The molecule has 0 unspecified atom stereocenters. The molecule has 0 aliphatic rings. The first-order valence-corrected chi connectivity index (χ1v) is 11.9. The van der Waals surface area contributed by atoms with Crippen molar-refractivity contribution < 1.29 is 8.42 Å². The number of benzene rings is 3. The number of hydrogen-bond donors (Lipinski definition) is 1. The van der Waals surface area contributed by atoms with Gasteiger partial charge in [0.05, 0.1) is 27.6 Å². The Bertz CT molecular complexity index is 1410. The van der Waals surface area contributed by atoms with Gasteiger partial charge in [0.1, 0.15) is 10.4 Å². The molecule has 160 valence electrons. The third-order valence-corrected chi connectivity index (χ3v) is 7.64. The molecule has 0 spiro atoms. The lowest BCUT2D eigenvalue weighted by Crippen LogP contribution is -2.15. The number of sulfonamides is 1. The smallest absolute Gasteiger partial charge is 0.263 e. The van der Waals surface area contributed by atoms with Gasteiger partial charge < -0.3 is 4.57 Å². The van der Waals surface area contributed by atoms with Crippen molar-refractivity contribution in [1.82, 2.24) is 9.55 Å². The van der Waals surface area contributed by atoms with Gasteiger partial charge in [-0.3, -0.25) is 4.72 Å². The molecule has 0 bridgehead atoms. The zero-order valence-electron chi connectivity index (χ0n) is 17.3. The number of halogens is 2. The van der Waals surface area contributed by atoms with Crippen molar-refractivity contribution in [2.45, 2.75) is 32.2 Å². The lowest BCUT2D eigenvalue weighted by molar-refractivity contribution is 0.601. The molecule has 1 heterocycles. The molecule has 31 heavy (non-hydrogen) atoms. The number of aromatic nitrogens is 2. The third-order valence-electron chi connectivity index (χ3n) is 5.31. The van der Waals surface area contributed by atoms with Crippen molar-refractivity contribution in [2.75, 3.05) is 4.72 Å². The number of imidazole rings is 1. The van der Waals surface area contributed by atoms with Crippen LogP contribution in [-0.2, 0) is 16.6 Å². The number of nitrogens with one attached hydrogen (secondary N) is 1. The minimum Gasteiger partial charge on any atom is -0.326 e. The fourth-order valence-corrected chi connectivity index (χ4v) is 5.46. The molecule has 1 aromatic heterocycles. The first-order valence-electron chi connectivity index (χ1n) is 9.65. The highest BCUT2D eigenvalue weighted by molar-refractivity contribution is 7.92. The highest BCUT2D eigenvalue weighted by Gasteiger charge is 2.23. The molecule has 0 saturated carbocycles. The molecule has 3 aromatic carbocycles. The van der Waals surface area contributed by atoms with Gasteiger partial charge in [0.2, 0.25) is 0 Å². The van der Waals surface area contributed by atoms with Crippen LogP contribution in [-0.4, -0.2) is 18.0 Å². The molecule has 0 aliphatic carbocycles. The third kappa shape index (κ3) is 4.15. The summed E-state index contributed by atoms with van der Waals surface area (Å²) in [5.74, 6) is 0. The summed E-state index contributed by atoms with van der Waals surface area (Å²) in [5.41, 5.74) is 5.94. The van der Waals surface area contributed by atoms with Crippen LogP contribution < -0.4 is 4.72 Å². The van der Waals surface area contributed by atoms with Crippen molar-refractivity contribution in [3.63, 3.8) is 0 Å². The minimum absolute atomic E-state index is 0.0109. The van der Waals surface area contributed by atoms with E-state index in [1.165, 1.54) is 11.6 Å². The Morgan fingerprint density at radius 3 is 2.52 bits per heavy atom. The van der Waals surface area contributed by atoms with Gasteiger partial charge in [0.25, 0.3) is 10.0 Å². The predicted molar refractivity (Wildman–Crippen MR) is 127 cm³/mol. The number of anilines is 1. The molecule has 8 heteroatoms. The summed E-state index contributed by atoms with van der Waals surface area (Å²) >= 11 is 12.2. The topological polar surface area (TPSA) is 64.0 Å².